The van der Waals surface area contributed by atoms with Gasteiger partial charge < -0.3 is 55.9 Å². The van der Waals surface area contributed by atoms with Crippen LogP contribution in [-0.4, -0.2) is 146 Å². The Balaban J connectivity index is 0.884. The highest BCUT2D eigenvalue weighted by atomic mass is 31.2. The van der Waals surface area contributed by atoms with E-state index in [4.69, 9.17) is 43.8 Å². The summed E-state index contributed by atoms with van der Waals surface area (Å²) in [5.41, 5.74) is 9.56. The topological polar surface area (TPSA) is 399 Å². The molecule has 10 atom stereocenters. The lowest BCUT2D eigenvalue weighted by molar-refractivity contribution is -0.0526. The number of ether oxygens (including phenoxy) is 3. The molecule has 27 nitrogen and oxygen atoms in total. The second-order valence-electron chi connectivity index (χ2n) is 11.5. The Morgan fingerprint density at radius 1 is 0.679 bits per heavy atom. The maximum atomic E-state index is 12.3. The number of nitrogens with one attached hydrogen (secondary N) is 2. The largest absolute Gasteiger partial charge is 0.472 e. The molecule has 0 saturated carbocycles. The molecule has 0 aliphatic carbocycles. The highest BCUT2D eigenvalue weighted by Crippen LogP contribution is 2.45. The molecule has 53 heavy (non-hydrogen) atoms. The molecule has 12 N–H and O–H groups in total. The summed E-state index contributed by atoms with van der Waals surface area (Å²) in [6.07, 6.45) is -9.35. The van der Waals surface area contributed by atoms with Gasteiger partial charge in [-0.2, -0.15) is 9.97 Å². The summed E-state index contributed by atoms with van der Waals surface area (Å²) in [5, 5.41) is 41.9. The summed E-state index contributed by atoms with van der Waals surface area (Å²) in [6, 6.07) is 0. The maximum Gasteiger partial charge on any atom is 0.472 e. The molecule has 6 heterocycles. The van der Waals surface area contributed by atoms with Crippen LogP contribution < -0.4 is 22.6 Å². The van der Waals surface area contributed by atoms with Crippen LogP contribution in [0.2, 0.25) is 0 Å². The predicted molar refractivity (Wildman–Crippen MR) is 171 cm³/mol. The molecule has 4 aromatic heterocycles. The summed E-state index contributed by atoms with van der Waals surface area (Å²) in [5.74, 6) is -0.460. The molecule has 0 aromatic carbocycles. The summed E-state index contributed by atoms with van der Waals surface area (Å²) in [4.78, 5) is 64.3. The van der Waals surface area contributed by atoms with Crippen molar-refractivity contribution in [2.75, 3.05) is 51.1 Å². The average molecular weight is 797 g/mol. The lowest BCUT2D eigenvalue weighted by Crippen LogP contribution is -2.33. The van der Waals surface area contributed by atoms with Gasteiger partial charge in [0.15, 0.2) is 34.8 Å². The Labute approximate surface area is 294 Å². The highest BCUT2D eigenvalue weighted by Gasteiger charge is 2.47. The minimum Gasteiger partial charge on any atom is -0.387 e. The van der Waals surface area contributed by atoms with Crippen molar-refractivity contribution in [1.29, 1.82) is 0 Å². The zero-order valence-corrected chi connectivity index (χ0v) is 28.7. The Morgan fingerprint density at radius 3 is 1.47 bits per heavy atom. The normalized spacial score (nSPS) is 28.5. The van der Waals surface area contributed by atoms with Crippen LogP contribution in [0, 0.1) is 0 Å². The van der Waals surface area contributed by atoms with Crippen LogP contribution in [-0.2, 0) is 41.4 Å². The minimum absolute atomic E-state index is 0.0420. The predicted octanol–water partition coefficient (Wildman–Crippen LogP) is -4.06. The van der Waals surface area contributed by atoms with Gasteiger partial charge in [0.25, 0.3) is 11.1 Å². The van der Waals surface area contributed by atoms with Gasteiger partial charge in [0.1, 0.15) is 36.6 Å². The van der Waals surface area contributed by atoms with Gasteiger partial charge in [-0.15, -0.1) is 0 Å². The number of hydrogen-bond acceptors (Lipinski definition) is 21. The zero-order valence-electron chi connectivity index (χ0n) is 26.9. The van der Waals surface area contributed by atoms with Gasteiger partial charge in [0, 0.05) is 0 Å². The molecule has 0 amide bonds. The minimum atomic E-state index is -4.73. The van der Waals surface area contributed by atoms with E-state index in [0.29, 0.717) is 0 Å². The number of nitrogens with zero attached hydrogens (tertiary/aromatic N) is 6. The number of phosphoric ester groups is 2. The molecule has 0 radical (unpaired) electrons. The second-order valence-corrected chi connectivity index (χ2v) is 14.4. The van der Waals surface area contributed by atoms with Crippen LogP contribution in [0.25, 0.3) is 22.3 Å². The second kappa shape index (κ2) is 15.5. The van der Waals surface area contributed by atoms with E-state index in [1.165, 1.54) is 0 Å². The Hall–Kier alpha value is -3.76. The fourth-order valence-electron chi connectivity index (χ4n) is 5.39. The number of aliphatic hydroxyl groups is 4. The number of H-pyrrole nitrogens is 2. The number of hydrogen-bond donors (Lipinski definition) is 10. The number of aromatic amines is 2. The van der Waals surface area contributed by atoms with Crippen molar-refractivity contribution >= 4 is 49.9 Å². The Kier molecular flexibility index (Phi) is 11.4. The molecular weight excluding hydrogens is 762 g/mol. The highest BCUT2D eigenvalue weighted by molar-refractivity contribution is 7.47. The molecule has 2 fully saturated rings. The van der Waals surface area contributed by atoms with Gasteiger partial charge in [-0.25, -0.2) is 19.1 Å². The first kappa shape index (κ1) is 38.9. The van der Waals surface area contributed by atoms with Crippen LogP contribution in [0.5, 0.6) is 0 Å². The van der Waals surface area contributed by atoms with Gasteiger partial charge in [-0.05, 0) is 0 Å². The SMILES string of the molecule is Nc1nc2c(ncn2C2OC(COP(=O)(O)OCCOCCOP(=O)(O)OCC3OC(n4cnc5c(=O)[nH]c(N)nc54)C(O)C3O)C(O)C2O)c(=O)[nH]1. The molecule has 2 aliphatic rings. The molecule has 6 rings (SSSR count). The summed E-state index contributed by atoms with van der Waals surface area (Å²) >= 11 is 0. The van der Waals surface area contributed by atoms with E-state index in [0.717, 1.165) is 21.8 Å². The first-order chi connectivity index (χ1) is 25.0. The monoisotopic (exact) mass is 796 g/mol. The van der Waals surface area contributed by atoms with Crippen molar-refractivity contribution in [1.82, 2.24) is 39.0 Å². The molecular formula is C24H34N10O17P2. The lowest BCUT2D eigenvalue weighted by Gasteiger charge is -2.18. The first-order valence-electron chi connectivity index (χ1n) is 15.3. The molecule has 2 aliphatic heterocycles. The van der Waals surface area contributed by atoms with Gasteiger partial charge in [-0.1, -0.05) is 0 Å². The van der Waals surface area contributed by atoms with E-state index in [1.807, 2.05) is 0 Å². The van der Waals surface area contributed by atoms with E-state index < -0.39 is 102 Å². The fraction of sp³-hybridized carbons (Fsp3) is 0.583. The standard InChI is InChI=1S/C24H34N10O17P2/c25-23-29-17-11(19(39)31-23)27-7-33(17)21-15(37)13(35)9(50-21)5-48-52(41,42)46-3-1-45-2-4-47-53(43,44)49-6-10-14(36)16(38)22(51-10)34-8-28-12-18(34)30-24(26)32-20(12)40/h7-10,13-16,21-22,35-38H,1-6H2,(H,41,42)(H,43,44)(H3,25,29,31,39)(H3,26,30,32,40). The summed E-state index contributed by atoms with van der Waals surface area (Å²) in [6.45, 7) is -3.02. The summed E-state index contributed by atoms with van der Waals surface area (Å²) < 4.78 is 62.6. The van der Waals surface area contributed by atoms with Crippen molar-refractivity contribution in [3.63, 3.8) is 0 Å². The maximum absolute atomic E-state index is 12.3. The van der Waals surface area contributed by atoms with E-state index in [1.54, 1.807) is 0 Å². The Bertz CT molecular complexity index is 2000. The number of imidazole rings is 2. The quantitative estimate of drug-likeness (QED) is 0.0381. The molecule has 2 saturated heterocycles. The fourth-order valence-corrected chi connectivity index (χ4v) is 6.82. The number of anilines is 2. The molecule has 29 heteroatoms. The molecule has 292 valence electrons. The van der Waals surface area contributed by atoms with Gasteiger partial charge in [0.05, 0.1) is 52.3 Å². The molecule has 10 unspecified atom stereocenters. The Morgan fingerprint density at radius 2 is 1.08 bits per heavy atom. The third-order valence-corrected chi connectivity index (χ3v) is 9.86. The summed E-state index contributed by atoms with van der Waals surface area (Å²) in [7, 11) is -9.47. The third-order valence-electron chi connectivity index (χ3n) is 7.89. The van der Waals surface area contributed by atoms with Crippen LogP contribution >= 0.6 is 15.6 Å². The number of fused-ring (bicyclic) bond motifs is 2. The van der Waals surface area contributed by atoms with Crippen molar-refractivity contribution in [3.05, 3.63) is 33.4 Å². The van der Waals surface area contributed by atoms with Crippen molar-refractivity contribution in [2.45, 2.75) is 49.1 Å². The zero-order chi connectivity index (χ0) is 38.2. The smallest absolute Gasteiger partial charge is 0.387 e. The van der Waals surface area contributed by atoms with Crippen LogP contribution in [0.1, 0.15) is 12.5 Å². The average Bonchev–Trinajstić information content (AvgIpc) is 3.84. The van der Waals surface area contributed by atoms with Crippen LogP contribution in [0.15, 0.2) is 22.2 Å². The number of aromatic nitrogens is 8. The lowest BCUT2D eigenvalue weighted by atomic mass is 10.1. The molecule has 0 bridgehead atoms. The van der Waals surface area contributed by atoms with Crippen LogP contribution in [0.4, 0.5) is 11.9 Å². The van der Waals surface area contributed by atoms with Gasteiger partial charge in [0.2, 0.25) is 11.9 Å². The van der Waals surface area contributed by atoms with Gasteiger partial charge in [-0.3, -0.25) is 46.8 Å². The molecule has 4 aromatic rings. The van der Waals surface area contributed by atoms with E-state index in [9.17, 15) is 48.9 Å². The molecule has 0 spiro atoms. The van der Waals surface area contributed by atoms with E-state index in [2.05, 4.69) is 29.9 Å². The van der Waals surface area contributed by atoms with Crippen molar-refractivity contribution in [2.24, 2.45) is 0 Å². The number of aliphatic hydroxyl groups excluding tert-OH is 4. The number of nitrogens with two attached hydrogens (primary N) is 2. The number of nitrogen functional groups attached to an aromatic ring is 2. The van der Waals surface area contributed by atoms with Crippen LogP contribution in [0.3, 0.4) is 0 Å². The number of phosphoric acid groups is 2. The van der Waals surface area contributed by atoms with Crippen molar-refractivity contribution < 1.29 is 71.6 Å². The first-order valence-corrected chi connectivity index (χ1v) is 18.3. The van der Waals surface area contributed by atoms with Crippen molar-refractivity contribution in [3.8, 4) is 0 Å². The third kappa shape index (κ3) is 8.49. The van der Waals surface area contributed by atoms with E-state index in [-0.39, 0.29) is 47.4 Å². The van der Waals surface area contributed by atoms with Gasteiger partial charge >= 0.3 is 15.6 Å². The van der Waals surface area contributed by atoms with E-state index >= 15 is 0 Å². The number of rotatable bonds is 16.